The van der Waals surface area contributed by atoms with Crippen molar-refractivity contribution in [3.8, 4) is 0 Å². The average molecular weight is 471 g/mol. The van der Waals surface area contributed by atoms with Gasteiger partial charge in [0.2, 0.25) is 5.91 Å². The molecule has 1 saturated heterocycles. The Bertz CT molecular complexity index is 1110. The van der Waals surface area contributed by atoms with E-state index in [0.717, 1.165) is 11.6 Å². The minimum atomic E-state index is -4.56. The summed E-state index contributed by atoms with van der Waals surface area (Å²) in [6.45, 7) is 1.60. The first-order valence-corrected chi connectivity index (χ1v) is 10.8. The molecule has 1 unspecified atom stereocenters. The Morgan fingerprint density at radius 1 is 0.941 bits per heavy atom. The Hall–Kier alpha value is -3.66. The molecule has 10 heteroatoms. The number of alkyl halides is 3. The molecule has 1 atom stereocenters. The molecule has 1 aromatic heterocycles. The van der Waals surface area contributed by atoms with Crippen LogP contribution < -0.4 is 5.32 Å². The number of amides is 2. The zero-order valence-corrected chi connectivity index (χ0v) is 18.3. The molecule has 3 aromatic rings. The van der Waals surface area contributed by atoms with E-state index in [9.17, 15) is 22.8 Å². The number of para-hydroxylation sites is 1. The van der Waals surface area contributed by atoms with Crippen molar-refractivity contribution in [2.24, 2.45) is 0 Å². The second-order valence-corrected chi connectivity index (χ2v) is 7.99. The van der Waals surface area contributed by atoms with Crippen LogP contribution in [0.3, 0.4) is 0 Å². The molecule has 0 saturated carbocycles. The van der Waals surface area contributed by atoms with Crippen molar-refractivity contribution in [2.45, 2.75) is 12.2 Å². The second-order valence-electron chi connectivity index (χ2n) is 7.99. The van der Waals surface area contributed by atoms with E-state index in [0.29, 0.717) is 26.2 Å². The van der Waals surface area contributed by atoms with Crippen LogP contribution in [0.5, 0.6) is 0 Å². The normalized spacial score (nSPS) is 15.7. The summed E-state index contributed by atoms with van der Waals surface area (Å²) in [7, 11) is 0. The van der Waals surface area contributed by atoms with Crippen molar-refractivity contribution < 1.29 is 22.8 Å². The summed E-state index contributed by atoms with van der Waals surface area (Å²) in [5, 5.41) is 6.62. The van der Waals surface area contributed by atoms with E-state index >= 15 is 0 Å². The van der Waals surface area contributed by atoms with Crippen molar-refractivity contribution >= 4 is 17.5 Å². The van der Waals surface area contributed by atoms with Gasteiger partial charge in [-0.1, -0.05) is 42.5 Å². The van der Waals surface area contributed by atoms with Gasteiger partial charge in [-0.05, 0) is 23.8 Å². The molecule has 2 heterocycles. The summed E-state index contributed by atoms with van der Waals surface area (Å²) in [5.74, 6) is -0.631. The lowest BCUT2D eigenvalue weighted by Gasteiger charge is -2.36. The lowest BCUT2D eigenvalue weighted by Crippen LogP contribution is -2.52. The maximum atomic E-state index is 13.4. The van der Waals surface area contributed by atoms with Crippen LogP contribution >= 0.6 is 0 Å². The van der Waals surface area contributed by atoms with Gasteiger partial charge in [-0.3, -0.25) is 19.2 Å². The Labute approximate surface area is 194 Å². The quantitative estimate of drug-likeness (QED) is 0.599. The molecule has 1 fully saturated rings. The average Bonchev–Trinajstić information content (AvgIpc) is 3.34. The van der Waals surface area contributed by atoms with Crippen molar-refractivity contribution in [1.29, 1.82) is 0 Å². The Balaban J connectivity index is 1.36. The number of benzene rings is 2. The monoisotopic (exact) mass is 471 g/mol. The van der Waals surface area contributed by atoms with Crippen LogP contribution in [0.1, 0.15) is 17.2 Å². The van der Waals surface area contributed by atoms with E-state index in [2.05, 4.69) is 10.4 Å². The van der Waals surface area contributed by atoms with E-state index in [1.807, 2.05) is 35.2 Å². The maximum Gasteiger partial charge on any atom is 0.418 e. The largest absolute Gasteiger partial charge is 0.418 e. The third-order valence-corrected chi connectivity index (χ3v) is 5.70. The first-order valence-electron chi connectivity index (χ1n) is 10.8. The SMILES string of the molecule is O=C(CN1CCN(C(=O)C(c2ccccc2)n2cccn2)CC1)Nc1ccccc1C(F)(F)F. The van der Waals surface area contributed by atoms with Gasteiger partial charge in [0.1, 0.15) is 0 Å². The Morgan fingerprint density at radius 2 is 1.62 bits per heavy atom. The van der Waals surface area contributed by atoms with E-state index in [1.54, 1.807) is 28.0 Å². The van der Waals surface area contributed by atoms with E-state index in [4.69, 9.17) is 0 Å². The molecule has 0 radical (unpaired) electrons. The number of rotatable bonds is 6. The van der Waals surface area contributed by atoms with Crippen molar-refractivity contribution in [2.75, 3.05) is 38.0 Å². The van der Waals surface area contributed by atoms with Crippen LogP contribution in [0.2, 0.25) is 0 Å². The maximum absolute atomic E-state index is 13.4. The number of anilines is 1. The number of nitrogens with one attached hydrogen (secondary N) is 1. The van der Waals surface area contributed by atoms with Gasteiger partial charge < -0.3 is 10.2 Å². The molecule has 0 aliphatic carbocycles. The fourth-order valence-electron chi connectivity index (χ4n) is 4.01. The number of carbonyl (C=O) groups excluding carboxylic acids is 2. The third-order valence-electron chi connectivity index (χ3n) is 5.70. The highest BCUT2D eigenvalue weighted by atomic mass is 19.4. The minimum Gasteiger partial charge on any atom is -0.338 e. The molecule has 34 heavy (non-hydrogen) atoms. The molecule has 1 aliphatic rings. The van der Waals surface area contributed by atoms with Gasteiger partial charge in [0.25, 0.3) is 5.91 Å². The Morgan fingerprint density at radius 3 is 2.26 bits per heavy atom. The molecule has 4 rings (SSSR count). The van der Waals surface area contributed by atoms with Gasteiger partial charge in [-0.15, -0.1) is 0 Å². The number of nitrogens with zero attached hydrogens (tertiary/aromatic N) is 4. The molecule has 178 valence electrons. The summed E-state index contributed by atoms with van der Waals surface area (Å²) in [6.07, 6.45) is -1.19. The summed E-state index contributed by atoms with van der Waals surface area (Å²) in [4.78, 5) is 29.3. The highest BCUT2D eigenvalue weighted by Gasteiger charge is 2.34. The number of piperazine rings is 1. The third kappa shape index (κ3) is 5.45. The highest BCUT2D eigenvalue weighted by Crippen LogP contribution is 2.34. The molecule has 2 aromatic carbocycles. The summed E-state index contributed by atoms with van der Waals surface area (Å²) >= 11 is 0. The van der Waals surface area contributed by atoms with Crippen LogP contribution in [0, 0.1) is 0 Å². The molecule has 0 spiro atoms. The first-order chi connectivity index (χ1) is 16.3. The predicted molar refractivity (Wildman–Crippen MR) is 120 cm³/mol. The number of aromatic nitrogens is 2. The fourth-order valence-corrected chi connectivity index (χ4v) is 4.01. The van der Waals surface area contributed by atoms with E-state index < -0.39 is 23.7 Å². The van der Waals surface area contributed by atoms with E-state index in [1.165, 1.54) is 18.2 Å². The number of hydrogen-bond donors (Lipinski definition) is 1. The standard InChI is InChI=1S/C24H24F3N5O2/c25-24(26,27)19-9-4-5-10-20(19)29-21(33)17-30-13-15-31(16-14-30)23(34)22(32-12-6-11-28-32)18-7-2-1-3-8-18/h1-12,22H,13-17H2,(H,29,33). The topological polar surface area (TPSA) is 70.5 Å². The zero-order chi connectivity index (χ0) is 24.1. The van der Waals surface area contributed by atoms with Crippen molar-refractivity contribution in [3.05, 3.63) is 84.2 Å². The number of carbonyl (C=O) groups is 2. The van der Waals surface area contributed by atoms with Gasteiger partial charge in [-0.25, -0.2) is 0 Å². The van der Waals surface area contributed by atoms with Crippen LogP contribution in [-0.4, -0.2) is 64.1 Å². The Kier molecular flexibility index (Phi) is 6.97. The number of hydrogen-bond acceptors (Lipinski definition) is 4. The summed E-state index contributed by atoms with van der Waals surface area (Å²) < 4.78 is 41.1. The zero-order valence-electron chi connectivity index (χ0n) is 18.3. The molecular weight excluding hydrogens is 447 g/mol. The second kappa shape index (κ2) is 10.1. The summed E-state index contributed by atoms with van der Waals surface area (Å²) in [5.41, 5.74) is -0.329. The van der Waals surface area contributed by atoms with Crippen LogP contribution in [0.15, 0.2) is 73.1 Å². The van der Waals surface area contributed by atoms with Gasteiger partial charge in [0, 0.05) is 38.6 Å². The molecule has 0 bridgehead atoms. The van der Waals surface area contributed by atoms with Crippen LogP contribution in [0.4, 0.5) is 18.9 Å². The lowest BCUT2D eigenvalue weighted by molar-refractivity contribution is -0.137. The lowest BCUT2D eigenvalue weighted by atomic mass is 10.1. The van der Waals surface area contributed by atoms with Crippen molar-refractivity contribution in [1.82, 2.24) is 19.6 Å². The van der Waals surface area contributed by atoms with Gasteiger partial charge in [0.15, 0.2) is 6.04 Å². The van der Waals surface area contributed by atoms with Gasteiger partial charge in [0.05, 0.1) is 17.8 Å². The van der Waals surface area contributed by atoms with Crippen molar-refractivity contribution in [3.63, 3.8) is 0 Å². The van der Waals surface area contributed by atoms with Gasteiger partial charge >= 0.3 is 6.18 Å². The smallest absolute Gasteiger partial charge is 0.338 e. The fraction of sp³-hybridized carbons (Fsp3) is 0.292. The predicted octanol–water partition coefficient (Wildman–Crippen LogP) is 3.27. The molecular formula is C24H24F3N5O2. The minimum absolute atomic E-state index is 0.0600. The van der Waals surface area contributed by atoms with Gasteiger partial charge in [-0.2, -0.15) is 18.3 Å². The molecule has 2 amide bonds. The van der Waals surface area contributed by atoms with Crippen LogP contribution in [0.25, 0.3) is 0 Å². The summed E-state index contributed by atoms with van der Waals surface area (Å²) in [6, 6.07) is 15.4. The molecule has 1 N–H and O–H groups in total. The number of halogens is 3. The first kappa shape index (κ1) is 23.5. The van der Waals surface area contributed by atoms with E-state index in [-0.39, 0.29) is 18.1 Å². The molecule has 7 nitrogen and oxygen atoms in total. The van der Waals surface area contributed by atoms with Crippen LogP contribution in [-0.2, 0) is 15.8 Å². The highest BCUT2D eigenvalue weighted by molar-refractivity contribution is 5.93. The molecule has 1 aliphatic heterocycles.